The molecule has 0 atom stereocenters. The standard InChI is InChI=1S/C51H31N5S/c1-4-16-32(17-5-1)49-52-50(33-18-6-2-7-19-33)54-51(53-49)42-29-35(28-41-38-24-12-15-27-47(38)57-48(41)42)56-44-26-14-11-23-37(44)40-30-39-36-22-10-13-25-43(36)55(45(39)31-46(40)56)34-20-8-3-9-21-34/h1-31H. The molecule has 0 saturated heterocycles. The molecule has 0 aliphatic heterocycles. The van der Waals surface area contributed by atoms with Crippen LogP contribution in [0.4, 0.5) is 0 Å². The smallest absolute Gasteiger partial charge is 0.165 e. The highest BCUT2D eigenvalue weighted by molar-refractivity contribution is 7.26. The van der Waals surface area contributed by atoms with Crippen LogP contribution in [-0.4, -0.2) is 24.1 Å². The van der Waals surface area contributed by atoms with E-state index in [1.807, 2.05) is 36.4 Å². The number of rotatable bonds is 5. The maximum Gasteiger partial charge on any atom is 0.165 e. The molecular formula is C51H31N5S. The van der Waals surface area contributed by atoms with E-state index >= 15 is 0 Å². The Kier molecular flexibility index (Phi) is 7.03. The molecule has 0 aliphatic rings. The normalized spacial score (nSPS) is 11.9. The van der Waals surface area contributed by atoms with Crippen LogP contribution in [0.1, 0.15) is 0 Å². The first-order valence-corrected chi connectivity index (χ1v) is 19.9. The Morgan fingerprint density at radius 1 is 0.333 bits per heavy atom. The minimum Gasteiger partial charge on any atom is -0.309 e. The first kappa shape index (κ1) is 31.9. The molecule has 266 valence electrons. The van der Waals surface area contributed by atoms with Crippen molar-refractivity contribution in [2.75, 3.05) is 0 Å². The van der Waals surface area contributed by atoms with Gasteiger partial charge in [0.2, 0.25) is 0 Å². The van der Waals surface area contributed by atoms with Crippen LogP contribution in [0.2, 0.25) is 0 Å². The van der Waals surface area contributed by atoms with Gasteiger partial charge < -0.3 is 9.13 Å². The van der Waals surface area contributed by atoms with Crippen LogP contribution in [0.25, 0.3) is 109 Å². The Hall–Kier alpha value is -7.41. The van der Waals surface area contributed by atoms with E-state index in [1.54, 1.807) is 11.3 Å². The van der Waals surface area contributed by atoms with Crippen LogP contribution in [-0.2, 0) is 0 Å². The van der Waals surface area contributed by atoms with Crippen LogP contribution in [0, 0.1) is 0 Å². The summed E-state index contributed by atoms with van der Waals surface area (Å²) in [6.45, 7) is 0. The topological polar surface area (TPSA) is 48.5 Å². The summed E-state index contributed by atoms with van der Waals surface area (Å²) in [6, 6.07) is 66.7. The molecule has 0 saturated carbocycles. The van der Waals surface area contributed by atoms with Gasteiger partial charge in [-0.25, -0.2) is 15.0 Å². The maximum atomic E-state index is 5.25. The number of hydrogen-bond donors (Lipinski definition) is 0. The van der Waals surface area contributed by atoms with Gasteiger partial charge >= 0.3 is 0 Å². The summed E-state index contributed by atoms with van der Waals surface area (Å²) in [4.78, 5) is 15.5. The number of para-hydroxylation sites is 3. The average molecular weight is 746 g/mol. The molecule has 0 radical (unpaired) electrons. The van der Waals surface area contributed by atoms with Gasteiger partial charge in [-0.3, -0.25) is 0 Å². The van der Waals surface area contributed by atoms with Crippen molar-refractivity contribution >= 4 is 75.1 Å². The first-order valence-electron chi connectivity index (χ1n) is 19.1. The third-order valence-electron chi connectivity index (χ3n) is 11.1. The van der Waals surface area contributed by atoms with Crippen molar-refractivity contribution in [3.63, 3.8) is 0 Å². The molecule has 8 aromatic carbocycles. The van der Waals surface area contributed by atoms with Gasteiger partial charge in [0.1, 0.15) is 0 Å². The Morgan fingerprint density at radius 2 is 0.825 bits per heavy atom. The third-order valence-corrected chi connectivity index (χ3v) is 12.4. The van der Waals surface area contributed by atoms with Gasteiger partial charge in [0, 0.05) is 69.8 Å². The van der Waals surface area contributed by atoms with E-state index in [9.17, 15) is 0 Å². The molecule has 0 bridgehead atoms. The van der Waals surface area contributed by atoms with E-state index in [0.717, 1.165) is 43.8 Å². The summed E-state index contributed by atoms with van der Waals surface area (Å²) >= 11 is 1.79. The Labute approximate surface area is 331 Å². The predicted octanol–water partition coefficient (Wildman–Crippen LogP) is 13.4. The average Bonchev–Trinajstić information content (AvgIpc) is 3.93. The molecule has 0 unspecified atom stereocenters. The van der Waals surface area contributed by atoms with Crippen LogP contribution in [0.3, 0.4) is 0 Å². The molecule has 12 aromatic rings. The second kappa shape index (κ2) is 12.6. The van der Waals surface area contributed by atoms with Crippen molar-refractivity contribution in [2.24, 2.45) is 0 Å². The van der Waals surface area contributed by atoms with Gasteiger partial charge in [-0.1, -0.05) is 133 Å². The van der Waals surface area contributed by atoms with Crippen molar-refractivity contribution < 1.29 is 0 Å². The summed E-state index contributed by atoms with van der Waals surface area (Å²) in [5.74, 6) is 1.94. The Bertz CT molecular complexity index is 3450. The number of hydrogen-bond acceptors (Lipinski definition) is 4. The molecule has 4 aromatic heterocycles. The first-order chi connectivity index (χ1) is 28.3. The van der Waals surface area contributed by atoms with Gasteiger partial charge in [0.15, 0.2) is 17.5 Å². The van der Waals surface area contributed by atoms with Gasteiger partial charge in [0.05, 0.1) is 22.1 Å². The van der Waals surface area contributed by atoms with Crippen LogP contribution < -0.4 is 0 Å². The number of benzene rings is 8. The van der Waals surface area contributed by atoms with E-state index in [4.69, 9.17) is 15.0 Å². The SMILES string of the molecule is c1ccc(-c2nc(-c3ccccc3)nc(-c3cc(-n4c5ccccc5c5cc6c7ccccc7n(-c7ccccc7)c6cc54)cc4c3sc3ccccc34)n2)cc1. The molecule has 12 rings (SSSR count). The Balaban J connectivity index is 1.20. The fourth-order valence-electron chi connectivity index (χ4n) is 8.60. The zero-order chi connectivity index (χ0) is 37.5. The highest BCUT2D eigenvalue weighted by Crippen LogP contribution is 2.44. The summed E-state index contributed by atoms with van der Waals surface area (Å²) in [7, 11) is 0. The summed E-state index contributed by atoms with van der Waals surface area (Å²) < 4.78 is 7.21. The highest BCUT2D eigenvalue weighted by atomic mass is 32.1. The van der Waals surface area contributed by atoms with Crippen LogP contribution in [0.5, 0.6) is 0 Å². The number of fused-ring (bicyclic) bond motifs is 9. The minimum atomic E-state index is 0.645. The van der Waals surface area contributed by atoms with Gasteiger partial charge in [-0.15, -0.1) is 11.3 Å². The summed E-state index contributed by atoms with van der Waals surface area (Å²) in [6.07, 6.45) is 0. The fourth-order valence-corrected chi connectivity index (χ4v) is 9.79. The number of aromatic nitrogens is 5. The van der Waals surface area contributed by atoms with Crippen molar-refractivity contribution in [2.45, 2.75) is 0 Å². The molecule has 0 amide bonds. The second-order valence-corrected chi connectivity index (χ2v) is 15.5. The molecule has 4 heterocycles. The molecule has 6 heteroatoms. The van der Waals surface area contributed by atoms with Crippen LogP contribution >= 0.6 is 11.3 Å². The molecule has 0 spiro atoms. The van der Waals surface area contributed by atoms with Gasteiger partial charge in [0.25, 0.3) is 0 Å². The largest absolute Gasteiger partial charge is 0.309 e. The van der Waals surface area contributed by atoms with Crippen molar-refractivity contribution in [3.8, 4) is 45.5 Å². The minimum absolute atomic E-state index is 0.645. The molecule has 57 heavy (non-hydrogen) atoms. The van der Waals surface area contributed by atoms with Crippen molar-refractivity contribution in [1.82, 2.24) is 24.1 Å². The number of thiophene rings is 1. The van der Waals surface area contributed by atoms with E-state index < -0.39 is 0 Å². The summed E-state index contributed by atoms with van der Waals surface area (Å²) in [5.41, 5.74) is 9.70. The lowest BCUT2D eigenvalue weighted by molar-refractivity contribution is 1.07. The quantitative estimate of drug-likeness (QED) is 0.176. The zero-order valence-electron chi connectivity index (χ0n) is 30.5. The lowest BCUT2D eigenvalue weighted by atomic mass is 10.1. The van der Waals surface area contributed by atoms with E-state index in [0.29, 0.717) is 17.5 Å². The van der Waals surface area contributed by atoms with Crippen molar-refractivity contribution in [1.29, 1.82) is 0 Å². The lowest BCUT2D eigenvalue weighted by Crippen LogP contribution is -2.01. The van der Waals surface area contributed by atoms with E-state index in [1.165, 1.54) is 48.1 Å². The van der Waals surface area contributed by atoms with Gasteiger partial charge in [-0.05, 0) is 54.6 Å². The molecule has 5 nitrogen and oxygen atoms in total. The van der Waals surface area contributed by atoms with Crippen molar-refractivity contribution in [3.05, 3.63) is 188 Å². The highest BCUT2D eigenvalue weighted by Gasteiger charge is 2.22. The molecule has 0 N–H and O–H groups in total. The van der Waals surface area contributed by atoms with E-state index in [-0.39, 0.29) is 0 Å². The predicted molar refractivity (Wildman–Crippen MR) is 238 cm³/mol. The zero-order valence-corrected chi connectivity index (χ0v) is 31.4. The van der Waals surface area contributed by atoms with Crippen LogP contribution in [0.15, 0.2) is 188 Å². The maximum absolute atomic E-state index is 5.25. The second-order valence-electron chi connectivity index (χ2n) is 14.4. The van der Waals surface area contributed by atoms with E-state index in [2.05, 4.69) is 161 Å². The third kappa shape index (κ3) is 4.98. The molecule has 0 fully saturated rings. The number of nitrogens with zero attached hydrogens (tertiary/aromatic N) is 5. The molecule has 0 aliphatic carbocycles. The lowest BCUT2D eigenvalue weighted by Gasteiger charge is -2.13. The van der Waals surface area contributed by atoms with Gasteiger partial charge in [-0.2, -0.15) is 0 Å². The molecular weight excluding hydrogens is 715 g/mol. The fraction of sp³-hybridized carbons (Fsp3) is 0. The summed E-state index contributed by atoms with van der Waals surface area (Å²) in [5, 5.41) is 7.29. The monoisotopic (exact) mass is 745 g/mol. The Morgan fingerprint density at radius 3 is 1.44 bits per heavy atom.